The summed E-state index contributed by atoms with van der Waals surface area (Å²) in [5, 5.41) is 10.6. The maximum absolute atomic E-state index is 10.1. The minimum absolute atomic E-state index is 0.143. The topological polar surface area (TPSA) is 29.5 Å². The van der Waals surface area contributed by atoms with Crippen molar-refractivity contribution in [2.75, 3.05) is 19.5 Å². The number of methoxy groups -OCH3 is 1. The van der Waals surface area contributed by atoms with Crippen LogP contribution in [0.5, 0.6) is 0 Å². The van der Waals surface area contributed by atoms with Gasteiger partial charge in [-0.2, -0.15) is 11.8 Å². The summed E-state index contributed by atoms with van der Waals surface area (Å²) in [5.74, 6) is 1.59. The fraction of sp³-hybridized carbons (Fsp3) is 1.00. The minimum Gasteiger partial charge on any atom is -0.392 e. The second-order valence-electron chi connectivity index (χ2n) is 4.15. The highest BCUT2D eigenvalue weighted by molar-refractivity contribution is 8.00. The van der Waals surface area contributed by atoms with Gasteiger partial charge in [0.1, 0.15) is 0 Å². The molecule has 1 aliphatic rings. The van der Waals surface area contributed by atoms with E-state index >= 15 is 0 Å². The van der Waals surface area contributed by atoms with E-state index < -0.39 is 0 Å². The molecule has 0 aliphatic carbocycles. The van der Waals surface area contributed by atoms with E-state index in [1.54, 1.807) is 7.11 Å². The van der Waals surface area contributed by atoms with Gasteiger partial charge in [0.25, 0.3) is 0 Å². The maximum atomic E-state index is 10.1. The summed E-state index contributed by atoms with van der Waals surface area (Å²) in [7, 11) is 1.72. The van der Waals surface area contributed by atoms with Gasteiger partial charge in [0, 0.05) is 19.0 Å². The van der Waals surface area contributed by atoms with Crippen LogP contribution in [-0.2, 0) is 4.74 Å². The summed E-state index contributed by atoms with van der Waals surface area (Å²) in [6.45, 7) is 2.88. The fourth-order valence-electron chi connectivity index (χ4n) is 1.88. The molecule has 1 heterocycles. The van der Waals surface area contributed by atoms with Crippen LogP contribution in [0.4, 0.5) is 0 Å². The lowest BCUT2D eigenvalue weighted by molar-refractivity contribution is 0.0837. The maximum Gasteiger partial charge on any atom is 0.0685 e. The number of hydrogen-bond acceptors (Lipinski definition) is 3. The third-order valence-corrected chi connectivity index (χ3v) is 4.42. The summed E-state index contributed by atoms with van der Waals surface area (Å²) < 4.78 is 5.03. The highest BCUT2D eigenvalue weighted by Gasteiger charge is 2.26. The van der Waals surface area contributed by atoms with Crippen LogP contribution in [0.3, 0.4) is 0 Å². The van der Waals surface area contributed by atoms with Crippen LogP contribution in [0.1, 0.15) is 32.6 Å². The number of hydrogen-bond donors (Lipinski definition) is 1. The average molecular weight is 218 g/mol. The number of rotatable bonds is 5. The molecule has 0 aromatic heterocycles. The van der Waals surface area contributed by atoms with Crippen LogP contribution in [-0.4, -0.2) is 35.9 Å². The highest BCUT2D eigenvalue weighted by atomic mass is 32.2. The molecule has 14 heavy (non-hydrogen) atoms. The lowest BCUT2D eigenvalue weighted by Crippen LogP contribution is -2.32. The first-order valence-electron chi connectivity index (χ1n) is 5.54. The number of ether oxygens (including phenoxy) is 1. The third kappa shape index (κ3) is 3.79. The van der Waals surface area contributed by atoms with Gasteiger partial charge in [-0.3, -0.25) is 0 Å². The Kier molecular flexibility index (Phi) is 5.90. The summed E-state index contributed by atoms with van der Waals surface area (Å²) >= 11 is 1.94. The molecule has 1 N–H and O–H groups in total. The van der Waals surface area contributed by atoms with Crippen LogP contribution in [0.15, 0.2) is 0 Å². The van der Waals surface area contributed by atoms with E-state index in [4.69, 9.17) is 4.74 Å². The van der Waals surface area contributed by atoms with Gasteiger partial charge in [-0.05, 0) is 30.9 Å². The van der Waals surface area contributed by atoms with E-state index in [9.17, 15) is 5.11 Å². The van der Waals surface area contributed by atoms with Crippen LogP contribution in [0, 0.1) is 5.92 Å². The fourth-order valence-corrected chi connectivity index (χ4v) is 3.35. The Balaban J connectivity index is 2.26. The van der Waals surface area contributed by atoms with Crippen molar-refractivity contribution in [3.8, 4) is 0 Å². The van der Waals surface area contributed by atoms with Crippen molar-refractivity contribution in [1.29, 1.82) is 0 Å². The Morgan fingerprint density at radius 1 is 1.50 bits per heavy atom. The molecule has 0 radical (unpaired) electrons. The number of aliphatic hydroxyl groups is 1. The lowest BCUT2D eigenvalue weighted by atomic mass is 9.96. The molecule has 0 aromatic rings. The Bertz CT molecular complexity index is 146. The van der Waals surface area contributed by atoms with Gasteiger partial charge in [-0.1, -0.05) is 13.3 Å². The van der Waals surface area contributed by atoms with Crippen LogP contribution < -0.4 is 0 Å². The summed E-state index contributed by atoms with van der Waals surface area (Å²) in [6, 6.07) is 0. The van der Waals surface area contributed by atoms with E-state index in [0.717, 1.165) is 13.0 Å². The molecule has 0 saturated carbocycles. The Morgan fingerprint density at radius 3 is 2.86 bits per heavy atom. The predicted octanol–water partition coefficient (Wildman–Crippen LogP) is 2.31. The molecule has 1 saturated heterocycles. The van der Waals surface area contributed by atoms with E-state index in [1.165, 1.54) is 25.0 Å². The second kappa shape index (κ2) is 6.70. The molecule has 2 nitrogen and oxygen atoms in total. The molecule has 84 valence electrons. The predicted molar refractivity (Wildman–Crippen MR) is 61.8 cm³/mol. The zero-order valence-electron chi connectivity index (χ0n) is 9.24. The van der Waals surface area contributed by atoms with E-state index in [2.05, 4.69) is 6.92 Å². The van der Waals surface area contributed by atoms with Crippen LogP contribution in [0.25, 0.3) is 0 Å². The molecular weight excluding hydrogens is 196 g/mol. The first-order chi connectivity index (χ1) is 6.75. The Morgan fingerprint density at radius 2 is 2.29 bits per heavy atom. The molecule has 0 amide bonds. The smallest absolute Gasteiger partial charge is 0.0685 e. The van der Waals surface area contributed by atoms with Crippen molar-refractivity contribution in [3.05, 3.63) is 0 Å². The molecule has 0 spiro atoms. The van der Waals surface area contributed by atoms with Gasteiger partial charge < -0.3 is 9.84 Å². The molecule has 1 fully saturated rings. The van der Waals surface area contributed by atoms with Crippen molar-refractivity contribution >= 4 is 11.8 Å². The Hall–Kier alpha value is 0.270. The summed E-state index contributed by atoms with van der Waals surface area (Å²) in [6.07, 6.45) is 4.61. The van der Waals surface area contributed by atoms with Crippen molar-refractivity contribution in [3.63, 3.8) is 0 Å². The molecule has 0 aromatic carbocycles. The number of aliphatic hydroxyl groups excluding tert-OH is 1. The largest absolute Gasteiger partial charge is 0.392 e. The molecule has 3 heteroatoms. The number of thioether (sulfide) groups is 1. The lowest BCUT2D eigenvalue weighted by Gasteiger charge is -2.30. The zero-order chi connectivity index (χ0) is 10.4. The van der Waals surface area contributed by atoms with Gasteiger partial charge in [0.2, 0.25) is 0 Å². The highest BCUT2D eigenvalue weighted by Crippen LogP contribution is 2.30. The third-order valence-electron chi connectivity index (χ3n) is 2.96. The summed E-state index contributed by atoms with van der Waals surface area (Å²) in [5.41, 5.74) is 0. The first kappa shape index (κ1) is 12.3. The zero-order valence-corrected chi connectivity index (χ0v) is 10.1. The summed E-state index contributed by atoms with van der Waals surface area (Å²) in [4.78, 5) is 0. The standard InChI is InChI=1S/C11H22O2S/c1-9(6-7-13-2)11(12)10-5-3-4-8-14-10/h9-12H,3-8H2,1-2H3. The molecule has 3 unspecified atom stereocenters. The van der Waals surface area contributed by atoms with E-state index in [1.807, 2.05) is 11.8 Å². The van der Waals surface area contributed by atoms with E-state index in [0.29, 0.717) is 11.2 Å². The van der Waals surface area contributed by atoms with Crippen LogP contribution in [0.2, 0.25) is 0 Å². The quantitative estimate of drug-likeness (QED) is 0.768. The van der Waals surface area contributed by atoms with Gasteiger partial charge in [-0.15, -0.1) is 0 Å². The SMILES string of the molecule is COCCC(C)C(O)C1CCCCS1. The molecule has 1 rings (SSSR count). The monoisotopic (exact) mass is 218 g/mol. The van der Waals surface area contributed by atoms with Gasteiger partial charge >= 0.3 is 0 Å². The molecule has 3 atom stereocenters. The minimum atomic E-state index is -0.143. The molecular formula is C11H22O2S. The van der Waals surface area contributed by atoms with Crippen molar-refractivity contribution in [2.24, 2.45) is 5.92 Å². The van der Waals surface area contributed by atoms with Gasteiger partial charge in [0.05, 0.1) is 6.10 Å². The average Bonchev–Trinajstić information content (AvgIpc) is 2.26. The van der Waals surface area contributed by atoms with Crippen LogP contribution >= 0.6 is 11.8 Å². The van der Waals surface area contributed by atoms with Crippen molar-refractivity contribution < 1.29 is 9.84 Å². The van der Waals surface area contributed by atoms with Crippen molar-refractivity contribution in [2.45, 2.75) is 44.0 Å². The van der Waals surface area contributed by atoms with Gasteiger partial charge in [0.15, 0.2) is 0 Å². The molecule has 0 bridgehead atoms. The van der Waals surface area contributed by atoms with Gasteiger partial charge in [-0.25, -0.2) is 0 Å². The first-order valence-corrected chi connectivity index (χ1v) is 6.59. The second-order valence-corrected chi connectivity index (χ2v) is 5.50. The van der Waals surface area contributed by atoms with Crippen molar-refractivity contribution in [1.82, 2.24) is 0 Å². The van der Waals surface area contributed by atoms with E-state index in [-0.39, 0.29) is 6.10 Å². The Labute approximate surface area is 91.4 Å². The normalized spacial score (nSPS) is 27.2. The molecule has 1 aliphatic heterocycles.